The Morgan fingerprint density at radius 2 is 1.94 bits per heavy atom. The van der Waals surface area contributed by atoms with Gasteiger partial charge in [0.15, 0.2) is 0 Å². The number of thioether (sulfide) groups is 1. The van der Waals surface area contributed by atoms with Crippen molar-refractivity contribution in [3.63, 3.8) is 0 Å². The van der Waals surface area contributed by atoms with E-state index in [9.17, 15) is 9.59 Å². The lowest BCUT2D eigenvalue weighted by molar-refractivity contribution is -0.113. The molecule has 7 nitrogen and oxygen atoms in total. The highest BCUT2D eigenvalue weighted by Crippen LogP contribution is 2.30. The molecule has 3 aromatic rings. The number of fused-ring (bicyclic) bond motifs is 1. The van der Waals surface area contributed by atoms with Crippen molar-refractivity contribution in [2.45, 2.75) is 37.3 Å². The molecular weight excluding hydrogens is 446 g/mol. The summed E-state index contributed by atoms with van der Waals surface area (Å²) in [5, 5.41) is 5.55. The van der Waals surface area contributed by atoms with Crippen molar-refractivity contribution in [3.8, 4) is 11.5 Å². The van der Waals surface area contributed by atoms with E-state index in [0.29, 0.717) is 28.8 Å². The Morgan fingerprint density at radius 3 is 2.62 bits per heavy atom. The van der Waals surface area contributed by atoms with E-state index in [0.717, 1.165) is 41.8 Å². The van der Waals surface area contributed by atoms with E-state index in [1.165, 1.54) is 11.8 Å². The van der Waals surface area contributed by atoms with Crippen LogP contribution in [0.15, 0.2) is 45.5 Å². The van der Waals surface area contributed by atoms with Gasteiger partial charge >= 0.3 is 5.69 Å². The molecule has 0 saturated heterocycles. The predicted molar refractivity (Wildman–Crippen MR) is 127 cm³/mol. The van der Waals surface area contributed by atoms with Crippen LogP contribution < -0.4 is 20.5 Å². The third kappa shape index (κ3) is 5.16. The fraction of sp³-hybridized carbons (Fsp3) is 0.348. The minimum absolute atomic E-state index is 0.160. The molecule has 168 valence electrons. The van der Waals surface area contributed by atoms with Crippen LogP contribution >= 0.6 is 23.1 Å². The quantitative estimate of drug-likeness (QED) is 0.395. The number of methoxy groups -OCH3 is 2. The molecule has 1 aromatic carbocycles. The van der Waals surface area contributed by atoms with Crippen LogP contribution in [0, 0.1) is 0 Å². The minimum Gasteiger partial charge on any atom is -0.497 e. The highest BCUT2D eigenvalue weighted by atomic mass is 32.2. The lowest BCUT2D eigenvalue weighted by Gasteiger charge is -2.22. The van der Waals surface area contributed by atoms with E-state index < -0.39 is 0 Å². The molecule has 0 saturated carbocycles. The average Bonchev–Trinajstić information content (AvgIpc) is 3.32. The van der Waals surface area contributed by atoms with E-state index in [1.807, 2.05) is 17.5 Å². The largest absolute Gasteiger partial charge is 0.497 e. The van der Waals surface area contributed by atoms with Crippen LogP contribution in [-0.2, 0) is 24.2 Å². The van der Waals surface area contributed by atoms with Gasteiger partial charge in [-0.05, 0) is 37.1 Å². The number of nitrogens with zero attached hydrogens (tertiary/aromatic N) is 2. The molecule has 0 spiro atoms. The maximum atomic E-state index is 12.8. The Hall–Kier alpha value is -2.78. The van der Waals surface area contributed by atoms with Gasteiger partial charge < -0.3 is 14.8 Å². The minimum atomic E-state index is -0.250. The first-order valence-corrected chi connectivity index (χ1v) is 12.2. The number of benzene rings is 1. The van der Waals surface area contributed by atoms with Crippen LogP contribution in [0.5, 0.6) is 11.5 Å². The van der Waals surface area contributed by atoms with Gasteiger partial charge in [-0.15, -0.1) is 11.3 Å². The summed E-state index contributed by atoms with van der Waals surface area (Å²) in [6.07, 6.45) is 3.87. The zero-order valence-corrected chi connectivity index (χ0v) is 19.7. The topological polar surface area (TPSA) is 82.5 Å². The predicted octanol–water partition coefficient (Wildman–Crippen LogP) is 3.98. The van der Waals surface area contributed by atoms with Gasteiger partial charge in [-0.2, -0.15) is 4.98 Å². The number of hydrogen-bond donors (Lipinski definition) is 1. The maximum Gasteiger partial charge on any atom is 0.349 e. The number of ether oxygens (including phenoxy) is 2. The van der Waals surface area contributed by atoms with Gasteiger partial charge in [0.25, 0.3) is 0 Å². The van der Waals surface area contributed by atoms with E-state index >= 15 is 0 Å². The van der Waals surface area contributed by atoms with E-state index in [4.69, 9.17) is 9.47 Å². The van der Waals surface area contributed by atoms with Gasteiger partial charge in [0, 0.05) is 40.0 Å². The third-order valence-corrected chi connectivity index (χ3v) is 7.20. The van der Waals surface area contributed by atoms with Crippen molar-refractivity contribution in [2.75, 3.05) is 25.3 Å². The molecule has 1 aliphatic carbocycles. The first kappa shape index (κ1) is 22.4. The summed E-state index contributed by atoms with van der Waals surface area (Å²) in [5.74, 6) is 1.17. The van der Waals surface area contributed by atoms with Gasteiger partial charge in [0.2, 0.25) is 5.91 Å². The Balaban J connectivity index is 1.50. The summed E-state index contributed by atoms with van der Waals surface area (Å²) in [6, 6.07) is 9.23. The molecule has 9 heteroatoms. The second kappa shape index (κ2) is 10.2. The maximum absolute atomic E-state index is 12.8. The molecule has 0 fully saturated rings. The van der Waals surface area contributed by atoms with Gasteiger partial charge in [0.05, 0.1) is 26.5 Å². The number of thiophene rings is 1. The summed E-state index contributed by atoms with van der Waals surface area (Å²) in [5.41, 5.74) is 2.51. The Kier molecular flexibility index (Phi) is 7.16. The van der Waals surface area contributed by atoms with E-state index in [-0.39, 0.29) is 17.3 Å². The van der Waals surface area contributed by atoms with E-state index in [1.54, 1.807) is 48.3 Å². The standard InChI is InChI=1S/C23H25N3O4S2/c1-29-16-10-15(11-17(12-16)30-2)24-21(27)14-32-22-19-7-3-4-8-20(19)26(23(28)25-22)13-18-6-5-9-31-18/h5-6,9-12H,3-4,7-8,13-14H2,1-2H3,(H,24,27). The summed E-state index contributed by atoms with van der Waals surface area (Å²) >= 11 is 2.95. The molecular formula is C23H25N3O4S2. The van der Waals surface area contributed by atoms with Crippen LogP contribution in [0.3, 0.4) is 0 Å². The summed E-state index contributed by atoms with van der Waals surface area (Å²) < 4.78 is 12.3. The van der Waals surface area contributed by atoms with Crippen LogP contribution in [0.2, 0.25) is 0 Å². The van der Waals surface area contributed by atoms with Gasteiger partial charge in [-0.1, -0.05) is 17.8 Å². The number of amides is 1. The number of rotatable bonds is 8. The number of nitrogens with one attached hydrogen (secondary N) is 1. The summed E-state index contributed by atoms with van der Waals surface area (Å²) in [4.78, 5) is 30.9. The zero-order chi connectivity index (χ0) is 22.5. The van der Waals surface area contributed by atoms with Crippen molar-refractivity contribution in [1.29, 1.82) is 0 Å². The molecule has 0 aliphatic heterocycles. The van der Waals surface area contributed by atoms with Crippen molar-refractivity contribution in [2.24, 2.45) is 0 Å². The molecule has 2 aromatic heterocycles. The fourth-order valence-electron chi connectivity index (χ4n) is 3.80. The van der Waals surface area contributed by atoms with Crippen molar-refractivity contribution in [1.82, 2.24) is 9.55 Å². The number of anilines is 1. The molecule has 32 heavy (non-hydrogen) atoms. The SMILES string of the molecule is COc1cc(NC(=O)CSc2nc(=O)n(Cc3cccs3)c3c2CCCC3)cc(OC)c1. The monoisotopic (exact) mass is 471 g/mol. The first-order chi connectivity index (χ1) is 15.6. The molecule has 4 rings (SSSR count). The van der Waals surface area contributed by atoms with Gasteiger partial charge in [-0.3, -0.25) is 9.36 Å². The van der Waals surface area contributed by atoms with Crippen LogP contribution in [0.4, 0.5) is 5.69 Å². The average molecular weight is 472 g/mol. The second-order valence-electron chi connectivity index (χ2n) is 7.44. The highest BCUT2D eigenvalue weighted by molar-refractivity contribution is 8.00. The Bertz CT molecular complexity index is 1140. The van der Waals surface area contributed by atoms with Crippen molar-refractivity contribution in [3.05, 3.63) is 62.3 Å². The lowest BCUT2D eigenvalue weighted by atomic mass is 9.97. The zero-order valence-electron chi connectivity index (χ0n) is 18.1. The molecule has 1 amide bonds. The van der Waals surface area contributed by atoms with Crippen LogP contribution in [-0.4, -0.2) is 35.4 Å². The van der Waals surface area contributed by atoms with Crippen molar-refractivity contribution < 1.29 is 14.3 Å². The Morgan fingerprint density at radius 1 is 1.19 bits per heavy atom. The molecule has 0 radical (unpaired) electrons. The molecule has 2 heterocycles. The number of hydrogen-bond acceptors (Lipinski definition) is 7. The smallest absolute Gasteiger partial charge is 0.349 e. The second-order valence-corrected chi connectivity index (χ2v) is 9.43. The first-order valence-electron chi connectivity index (χ1n) is 10.4. The van der Waals surface area contributed by atoms with E-state index in [2.05, 4.69) is 10.3 Å². The summed E-state index contributed by atoms with van der Waals surface area (Å²) in [6.45, 7) is 0.551. The number of carbonyl (C=O) groups is 1. The lowest BCUT2D eigenvalue weighted by Crippen LogP contribution is -2.30. The normalized spacial score (nSPS) is 12.8. The summed E-state index contributed by atoms with van der Waals surface area (Å²) in [7, 11) is 3.12. The molecule has 1 aliphatic rings. The van der Waals surface area contributed by atoms with Crippen molar-refractivity contribution >= 4 is 34.7 Å². The third-order valence-electron chi connectivity index (χ3n) is 5.32. The van der Waals surface area contributed by atoms with Gasteiger partial charge in [0.1, 0.15) is 16.5 Å². The highest BCUT2D eigenvalue weighted by Gasteiger charge is 2.21. The molecule has 0 bridgehead atoms. The van der Waals surface area contributed by atoms with Gasteiger partial charge in [-0.25, -0.2) is 4.79 Å². The number of carbonyl (C=O) groups excluding carboxylic acids is 1. The molecule has 0 atom stereocenters. The molecule has 0 unspecified atom stereocenters. The Labute approximate surface area is 194 Å². The van der Waals surface area contributed by atoms with Crippen LogP contribution in [0.25, 0.3) is 0 Å². The number of aromatic nitrogens is 2. The van der Waals surface area contributed by atoms with Crippen LogP contribution in [0.1, 0.15) is 29.0 Å². The molecule has 1 N–H and O–H groups in total. The fourth-order valence-corrected chi connectivity index (χ4v) is 5.37.